The second-order valence-corrected chi connectivity index (χ2v) is 6.31. The standard InChI is InChI=1S/C14H19Cl2FN2/c1-8(2)13-6-18-9(3)7-19(13)14-11(15)4-10(17)5-12(14)16/h4-5,8-9,13,18H,6-7H2,1-3H3. The van der Waals surface area contributed by atoms with Crippen LogP contribution in [0.15, 0.2) is 12.1 Å². The van der Waals surface area contributed by atoms with Gasteiger partial charge in [0, 0.05) is 25.2 Å². The summed E-state index contributed by atoms with van der Waals surface area (Å²) in [6.07, 6.45) is 0. The lowest BCUT2D eigenvalue weighted by Crippen LogP contribution is -2.57. The molecule has 106 valence electrons. The third kappa shape index (κ3) is 3.15. The molecule has 2 unspecified atom stereocenters. The molecule has 2 nitrogen and oxygen atoms in total. The maximum atomic E-state index is 13.3. The van der Waals surface area contributed by atoms with Crippen LogP contribution >= 0.6 is 23.2 Å². The summed E-state index contributed by atoms with van der Waals surface area (Å²) in [6.45, 7) is 8.15. The number of nitrogens with one attached hydrogen (secondary N) is 1. The van der Waals surface area contributed by atoms with Crippen molar-refractivity contribution in [3.8, 4) is 0 Å². The minimum Gasteiger partial charge on any atom is -0.363 e. The van der Waals surface area contributed by atoms with Gasteiger partial charge in [-0.15, -0.1) is 0 Å². The summed E-state index contributed by atoms with van der Waals surface area (Å²) in [5.74, 6) is 0.0558. The largest absolute Gasteiger partial charge is 0.363 e. The number of benzene rings is 1. The summed E-state index contributed by atoms with van der Waals surface area (Å²) in [4.78, 5) is 2.20. The van der Waals surface area contributed by atoms with E-state index in [4.69, 9.17) is 23.2 Å². The van der Waals surface area contributed by atoms with E-state index < -0.39 is 5.82 Å². The van der Waals surface area contributed by atoms with E-state index >= 15 is 0 Å². The lowest BCUT2D eigenvalue weighted by molar-refractivity contribution is 0.349. The minimum absolute atomic E-state index is 0.302. The first-order valence-electron chi connectivity index (χ1n) is 6.54. The van der Waals surface area contributed by atoms with Gasteiger partial charge in [0.05, 0.1) is 15.7 Å². The fourth-order valence-electron chi connectivity index (χ4n) is 2.59. The Morgan fingerprint density at radius 1 is 1.32 bits per heavy atom. The minimum atomic E-state index is -0.400. The third-order valence-electron chi connectivity index (χ3n) is 3.58. The number of rotatable bonds is 2. The third-order valence-corrected chi connectivity index (χ3v) is 4.16. The number of hydrogen-bond donors (Lipinski definition) is 1. The van der Waals surface area contributed by atoms with E-state index in [2.05, 4.69) is 31.0 Å². The van der Waals surface area contributed by atoms with Gasteiger partial charge in [-0.25, -0.2) is 4.39 Å². The maximum absolute atomic E-state index is 13.3. The van der Waals surface area contributed by atoms with Crippen molar-refractivity contribution >= 4 is 28.9 Å². The molecular formula is C14H19Cl2FN2. The quantitative estimate of drug-likeness (QED) is 0.890. The van der Waals surface area contributed by atoms with Crippen LogP contribution in [-0.2, 0) is 0 Å². The van der Waals surface area contributed by atoms with Gasteiger partial charge >= 0.3 is 0 Å². The van der Waals surface area contributed by atoms with Gasteiger partial charge in [0.25, 0.3) is 0 Å². The van der Waals surface area contributed by atoms with E-state index in [-0.39, 0.29) is 0 Å². The Balaban J connectivity index is 2.42. The Bertz CT molecular complexity index is 442. The molecule has 0 radical (unpaired) electrons. The van der Waals surface area contributed by atoms with Gasteiger partial charge in [-0.2, -0.15) is 0 Å². The first-order valence-corrected chi connectivity index (χ1v) is 7.30. The number of halogens is 3. The molecule has 5 heteroatoms. The zero-order valence-electron chi connectivity index (χ0n) is 11.4. The molecule has 1 saturated heterocycles. The van der Waals surface area contributed by atoms with E-state index in [1.54, 1.807) is 0 Å². The van der Waals surface area contributed by atoms with Crippen LogP contribution in [-0.4, -0.2) is 25.2 Å². The van der Waals surface area contributed by atoms with Crippen LogP contribution in [0, 0.1) is 11.7 Å². The first-order chi connectivity index (χ1) is 8.90. The van der Waals surface area contributed by atoms with E-state index in [1.807, 2.05) is 0 Å². The van der Waals surface area contributed by atoms with Crippen LogP contribution < -0.4 is 10.2 Å². The second-order valence-electron chi connectivity index (χ2n) is 5.49. The van der Waals surface area contributed by atoms with Crippen molar-refractivity contribution in [2.24, 2.45) is 5.92 Å². The van der Waals surface area contributed by atoms with Gasteiger partial charge in [0.1, 0.15) is 5.82 Å². The van der Waals surface area contributed by atoms with Crippen molar-refractivity contribution in [1.82, 2.24) is 5.32 Å². The highest BCUT2D eigenvalue weighted by molar-refractivity contribution is 6.39. The predicted octanol–water partition coefficient (Wildman–Crippen LogP) is 3.96. The van der Waals surface area contributed by atoms with Crippen molar-refractivity contribution in [3.05, 3.63) is 28.0 Å². The molecule has 1 heterocycles. The van der Waals surface area contributed by atoms with Gasteiger partial charge in [-0.1, -0.05) is 37.0 Å². The van der Waals surface area contributed by atoms with Crippen molar-refractivity contribution in [2.45, 2.75) is 32.9 Å². The highest BCUT2D eigenvalue weighted by atomic mass is 35.5. The summed E-state index contributed by atoms with van der Waals surface area (Å²) >= 11 is 12.4. The Morgan fingerprint density at radius 3 is 2.42 bits per heavy atom. The van der Waals surface area contributed by atoms with Crippen molar-refractivity contribution in [1.29, 1.82) is 0 Å². The number of anilines is 1. The topological polar surface area (TPSA) is 15.3 Å². The smallest absolute Gasteiger partial charge is 0.126 e. The van der Waals surface area contributed by atoms with Crippen LogP contribution in [0.2, 0.25) is 10.0 Å². The molecule has 1 aliphatic heterocycles. The van der Waals surface area contributed by atoms with Crippen LogP contribution in [0.1, 0.15) is 20.8 Å². The Labute approximate surface area is 123 Å². The zero-order valence-corrected chi connectivity index (χ0v) is 12.9. The van der Waals surface area contributed by atoms with Gasteiger partial charge in [0.2, 0.25) is 0 Å². The molecule has 1 N–H and O–H groups in total. The molecule has 2 rings (SSSR count). The normalized spacial score (nSPS) is 24.1. The highest BCUT2D eigenvalue weighted by Crippen LogP contribution is 2.37. The highest BCUT2D eigenvalue weighted by Gasteiger charge is 2.30. The van der Waals surface area contributed by atoms with E-state index in [0.717, 1.165) is 18.8 Å². The van der Waals surface area contributed by atoms with Crippen LogP contribution in [0.25, 0.3) is 0 Å². The lowest BCUT2D eigenvalue weighted by atomic mass is 9.98. The second kappa shape index (κ2) is 5.86. The Kier molecular flexibility index (Phi) is 4.59. The van der Waals surface area contributed by atoms with Crippen molar-refractivity contribution in [2.75, 3.05) is 18.0 Å². The molecule has 0 amide bonds. The van der Waals surface area contributed by atoms with Crippen molar-refractivity contribution < 1.29 is 4.39 Å². The summed E-state index contributed by atoms with van der Waals surface area (Å²) < 4.78 is 13.3. The molecule has 1 aromatic rings. The van der Waals surface area contributed by atoms with Gasteiger partial charge in [-0.05, 0) is 25.0 Å². The maximum Gasteiger partial charge on any atom is 0.126 e. The number of nitrogens with zero attached hydrogens (tertiary/aromatic N) is 1. The average molecular weight is 305 g/mol. The molecule has 1 aromatic carbocycles. The van der Waals surface area contributed by atoms with Gasteiger partial charge in [0.15, 0.2) is 0 Å². The van der Waals surface area contributed by atoms with Crippen LogP contribution in [0.5, 0.6) is 0 Å². The van der Waals surface area contributed by atoms with E-state index in [0.29, 0.717) is 28.0 Å². The van der Waals surface area contributed by atoms with E-state index in [1.165, 1.54) is 12.1 Å². The molecule has 0 aliphatic carbocycles. The van der Waals surface area contributed by atoms with Gasteiger partial charge < -0.3 is 10.2 Å². The molecule has 0 aromatic heterocycles. The molecule has 2 atom stereocenters. The fraction of sp³-hybridized carbons (Fsp3) is 0.571. The molecule has 0 bridgehead atoms. The van der Waals surface area contributed by atoms with Crippen molar-refractivity contribution in [3.63, 3.8) is 0 Å². The first kappa shape index (κ1) is 14.9. The fourth-order valence-corrected chi connectivity index (χ4v) is 3.27. The molecule has 1 fully saturated rings. The Hall–Kier alpha value is -0.510. The SMILES string of the molecule is CC1CN(c2c(Cl)cc(F)cc2Cl)C(C(C)C)CN1. The predicted molar refractivity (Wildman–Crippen MR) is 79.9 cm³/mol. The summed E-state index contributed by atoms with van der Waals surface area (Å²) in [6, 6.07) is 3.31. The average Bonchev–Trinajstić information content (AvgIpc) is 2.27. The number of hydrogen-bond acceptors (Lipinski definition) is 2. The number of piperazine rings is 1. The zero-order chi connectivity index (χ0) is 14.2. The molecule has 0 spiro atoms. The summed E-state index contributed by atoms with van der Waals surface area (Å²) in [7, 11) is 0. The summed E-state index contributed by atoms with van der Waals surface area (Å²) in [5.41, 5.74) is 0.747. The molecular weight excluding hydrogens is 286 g/mol. The van der Waals surface area contributed by atoms with Crippen LogP contribution in [0.4, 0.5) is 10.1 Å². The Morgan fingerprint density at radius 2 is 1.89 bits per heavy atom. The summed E-state index contributed by atoms with van der Waals surface area (Å²) in [5, 5.41) is 4.22. The van der Waals surface area contributed by atoms with Gasteiger partial charge in [-0.3, -0.25) is 0 Å². The van der Waals surface area contributed by atoms with E-state index in [9.17, 15) is 4.39 Å². The lowest BCUT2D eigenvalue weighted by Gasteiger charge is -2.43. The van der Waals surface area contributed by atoms with Crippen LogP contribution in [0.3, 0.4) is 0 Å². The monoisotopic (exact) mass is 304 g/mol. The molecule has 1 aliphatic rings. The molecule has 0 saturated carbocycles. The molecule has 19 heavy (non-hydrogen) atoms.